The molecule has 0 radical (unpaired) electrons. The highest BCUT2D eigenvalue weighted by molar-refractivity contribution is 8.18. The van der Waals surface area contributed by atoms with E-state index in [1.165, 1.54) is 0 Å². The van der Waals surface area contributed by atoms with Crippen LogP contribution in [-0.2, 0) is 11.4 Å². The average Bonchev–Trinajstić information content (AvgIpc) is 2.93. The fraction of sp³-hybridized carbons (Fsp3) is 0.158. The minimum atomic E-state index is -0.267. The van der Waals surface area contributed by atoms with Gasteiger partial charge in [0.25, 0.3) is 5.91 Å². The second-order valence-corrected chi connectivity index (χ2v) is 6.87. The number of amidine groups is 1. The fourth-order valence-corrected chi connectivity index (χ4v) is 3.26. The van der Waals surface area contributed by atoms with Crippen molar-refractivity contribution in [2.45, 2.75) is 13.5 Å². The Bertz CT molecular complexity index is 883. The molecule has 0 aliphatic carbocycles. The summed E-state index contributed by atoms with van der Waals surface area (Å²) in [5.74, 6) is 0.926. The van der Waals surface area contributed by atoms with Crippen molar-refractivity contribution in [1.29, 1.82) is 5.41 Å². The quantitative estimate of drug-likeness (QED) is 0.717. The summed E-state index contributed by atoms with van der Waals surface area (Å²) in [6.07, 6.45) is 1.72. The first-order chi connectivity index (χ1) is 12.6. The van der Waals surface area contributed by atoms with Gasteiger partial charge in [-0.2, -0.15) is 0 Å². The third-order valence-electron chi connectivity index (χ3n) is 3.57. The van der Waals surface area contributed by atoms with E-state index in [0.29, 0.717) is 34.6 Å². The van der Waals surface area contributed by atoms with Crippen molar-refractivity contribution in [3.63, 3.8) is 0 Å². The van der Waals surface area contributed by atoms with Crippen molar-refractivity contribution in [1.82, 2.24) is 5.32 Å². The highest BCUT2D eigenvalue weighted by Crippen LogP contribution is 2.32. The Morgan fingerprint density at radius 1 is 1.19 bits per heavy atom. The van der Waals surface area contributed by atoms with Gasteiger partial charge in [0.05, 0.1) is 11.5 Å². The van der Waals surface area contributed by atoms with Crippen molar-refractivity contribution in [2.24, 2.45) is 0 Å². The van der Waals surface area contributed by atoms with Gasteiger partial charge < -0.3 is 14.8 Å². The van der Waals surface area contributed by atoms with Crippen LogP contribution in [0.15, 0.2) is 47.4 Å². The number of amides is 1. The van der Waals surface area contributed by atoms with Crippen LogP contribution in [0.3, 0.4) is 0 Å². The molecule has 26 heavy (non-hydrogen) atoms. The van der Waals surface area contributed by atoms with Crippen LogP contribution in [-0.4, -0.2) is 17.7 Å². The Kier molecular flexibility index (Phi) is 5.85. The fourth-order valence-electron chi connectivity index (χ4n) is 2.37. The van der Waals surface area contributed by atoms with Gasteiger partial charge >= 0.3 is 0 Å². The SMILES string of the molecule is CCOc1cc(C=C2SC(=N)NC2=O)ccc1OCc1ccccc1Cl. The molecule has 134 valence electrons. The Hall–Kier alpha value is -2.44. The van der Waals surface area contributed by atoms with Crippen LogP contribution in [0.25, 0.3) is 6.08 Å². The summed E-state index contributed by atoms with van der Waals surface area (Å²) in [6, 6.07) is 13.0. The average molecular weight is 389 g/mol. The smallest absolute Gasteiger partial charge is 0.264 e. The third kappa shape index (κ3) is 4.39. The van der Waals surface area contributed by atoms with Crippen molar-refractivity contribution < 1.29 is 14.3 Å². The number of carbonyl (C=O) groups is 1. The number of thioether (sulfide) groups is 1. The molecule has 0 spiro atoms. The van der Waals surface area contributed by atoms with Gasteiger partial charge in [-0.15, -0.1) is 0 Å². The van der Waals surface area contributed by atoms with Crippen LogP contribution in [0.5, 0.6) is 11.5 Å². The molecule has 2 aromatic carbocycles. The molecule has 0 bridgehead atoms. The molecule has 1 aliphatic heterocycles. The molecule has 0 saturated carbocycles. The largest absolute Gasteiger partial charge is 0.490 e. The van der Waals surface area contributed by atoms with Gasteiger partial charge in [0, 0.05) is 10.6 Å². The highest BCUT2D eigenvalue weighted by atomic mass is 35.5. The number of benzene rings is 2. The van der Waals surface area contributed by atoms with E-state index >= 15 is 0 Å². The first-order valence-corrected chi connectivity index (χ1v) is 9.18. The first-order valence-electron chi connectivity index (χ1n) is 7.99. The minimum Gasteiger partial charge on any atom is -0.490 e. The standard InChI is InChI=1S/C19H17ClN2O3S/c1-2-24-16-9-12(10-17-18(23)22-19(21)26-17)7-8-15(16)25-11-13-5-3-4-6-14(13)20/h3-10H,2,11H2,1H3,(H2,21,22,23). The maximum atomic E-state index is 11.7. The van der Waals surface area contributed by atoms with Gasteiger partial charge in [-0.05, 0) is 48.5 Å². The predicted octanol–water partition coefficient (Wildman–Crippen LogP) is 4.46. The van der Waals surface area contributed by atoms with E-state index in [1.54, 1.807) is 12.1 Å². The lowest BCUT2D eigenvalue weighted by atomic mass is 10.2. The molecule has 7 heteroatoms. The van der Waals surface area contributed by atoms with Crippen LogP contribution in [0.2, 0.25) is 5.02 Å². The molecule has 0 atom stereocenters. The molecule has 2 N–H and O–H groups in total. The molecule has 5 nitrogen and oxygen atoms in total. The van der Waals surface area contributed by atoms with E-state index in [1.807, 2.05) is 43.3 Å². The molecular weight excluding hydrogens is 372 g/mol. The lowest BCUT2D eigenvalue weighted by Crippen LogP contribution is -2.18. The Balaban J connectivity index is 1.80. The molecule has 2 aromatic rings. The summed E-state index contributed by atoms with van der Waals surface area (Å²) >= 11 is 7.26. The van der Waals surface area contributed by atoms with Crippen molar-refractivity contribution in [3.8, 4) is 11.5 Å². The number of hydrogen-bond acceptors (Lipinski definition) is 5. The van der Waals surface area contributed by atoms with Gasteiger partial charge in [-0.25, -0.2) is 0 Å². The zero-order valence-corrected chi connectivity index (χ0v) is 15.6. The molecule has 1 amide bonds. The number of carbonyl (C=O) groups excluding carboxylic acids is 1. The van der Waals surface area contributed by atoms with Gasteiger partial charge in [0.1, 0.15) is 6.61 Å². The molecule has 1 saturated heterocycles. The second-order valence-electron chi connectivity index (χ2n) is 5.41. The summed E-state index contributed by atoms with van der Waals surface area (Å²) in [5.41, 5.74) is 1.69. The zero-order valence-electron chi connectivity index (χ0n) is 14.0. The number of rotatable bonds is 6. The van der Waals surface area contributed by atoms with Crippen molar-refractivity contribution >= 4 is 40.5 Å². The molecule has 1 aliphatic rings. The highest BCUT2D eigenvalue weighted by Gasteiger charge is 2.22. The van der Waals surface area contributed by atoms with E-state index in [2.05, 4.69) is 5.32 Å². The summed E-state index contributed by atoms with van der Waals surface area (Å²) in [7, 11) is 0. The topological polar surface area (TPSA) is 71.4 Å². The zero-order chi connectivity index (χ0) is 18.5. The molecule has 0 unspecified atom stereocenters. The second kappa shape index (κ2) is 8.29. The molecule has 1 heterocycles. The van der Waals surface area contributed by atoms with E-state index < -0.39 is 0 Å². The number of hydrogen-bond donors (Lipinski definition) is 2. The molecule has 1 fully saturated rings. The van der Waals surface area contributed by atoms with E-state index in [0.717, 1.165) is 22.9 Å². The first kappa shape index (κ1) is 18.4. The minimum absolute atomic E-state index is 0.131. The number of nitrogens with one attached hydrogen (secondary N) is 2. The van der Waals surface area contributed by atoms with E-state index in [-0.39, 0.29) is 11.1 Å². The maximum Gasteiger partial charge on any atom is 0.264 e. The van der Waals surface area contributed by atoms with Gasteiger partial charge in [0.15, 0.2) is 16.7 Å². The molecular formula is C19H17ClN2O3S. The van der Waals surface area contributed by atoms with Crippen molar-refractivity contribution in [2.75, 3.05) is 6.61 Å². The lowest BCUT2D eigenvalue weighted by molar-refractivity contribution is -0.115. The Morgan fingerprint density at radius 2 is 2.00 bits per heavy atom. The lowest BCUT2D eigenvalue weighted by Gasteiger charge is -2.13. The van der Waals surface area contributed by atoms with Crippen LogP contribution in [0.1, 0.15) is 18.1 Å². The Labute approximate surface area is 160 Å². The van der Waals surface area contributed by atoms with E-state index in [9.17, 15) is 4.79 Å². The number of halogens is 1. The predicted molar refractivity (Wildman–Crippen MR) is 105 cm³/mol. The van der Waals surface area contributed by atoms with Crippen molar-refractivity contribution in [3.05, 3.63) is 63.5 Å². The van der Waals surface area contributed by atoms with Gasteiger partial charge in [0.2, 0.25) is 0 Å². The van der Waals surface area contributed by atoms with E-state index in [4.69, 9.17) is 26.5 Å². The van der Waals surface area contributed by atoms with Gasteiger partial charge in [-0.3, -0.25) is 10.2 Å². The monoisotopic (exact) mass is 388 g/mol. The summed E-state index contributed by atoms with van der Waals surface area (Å²) in [5, 5.41) is 10.7. The van der Waals surface area contributed by atoms with Crippen LogP contribution >= 0.6 is 23.4 Å². The third-order valence-corrected chi connectivity index (χ3v) is 4.77. The van der Waals surface area contributed by atoms with Gasteiger partial charge in [-0.1, -0.05) is 35.9 Å². The van der Waals surface area contributed by atoms with Crippen LogP contribution < -0.4 is 14.8 Å². The number of ether oxygens (including phenoxy) is 2. The molecule has 3 rings (SSSR count). The summed E-state index contributed by atoms with van der Waals surface area (Å²) in [6.45, 7) is 2.71. The van der Waals surface area contributed by atoms with Crippen LogP contribution in [0, 0.1) is 5.41 Å². The molecule has 0 aromatic heterocycles. The summed E-state index contributed by atoms with van der Waals surface area (Å²) in [4.78, 5) is 12.2. The van der Waals surface area contributed by atoms with Crippen LogP contribution in [0.4, 0.5) is 0 Å². The maximum absolute atomic E-state index is 11.7. The normalized spacial score (nSPS) is 15.2. The summed E-state index contributed by atoms with van der Waals surface area (Å²) < 4.78 is 11.5. The Morgan fingerprint density at radius 3 is 2.69 bits per heavy atom.